The summed E-state index contributed by atoms with van der Waals surface area (Å²) in [5.41, 5.74) is 1.06. The Hall–Kier alpha value is -1.18. The van der Waals surface area contributed by atoms with Crippen molar-refractivity contribution in [2.24, 2.45) is 5.92 Å². The summed E-state index contributed by atoms with van der Waals surface area (Å²) in [5, 5.41) is 1.08. The number of anilines is 1. The van der Waals surface area contributed by atoms with Crippen LogP contribution in [0.15, 0.2) is 24.3 Å². The smallest absolute Gasteiger partial charge is 0.211 e. The molecular formula is C17H25N3O2S2. The van der Waals surface area contributed by atoms with Gasteiger partial charge in [0.15, 0.2) is 5.13 Å². The van der Waals surface area contributed by atoms with Gasteiger partial charge in [-0.05, 0) is 37.3 Å². The molecule has 0 unspecified atom stereocenters. The maximum Gasteiger partial charge on any atom is 0.211 e. The van der Waals surface area contributed by atoms with Gasteiger partial charge in [-0.2, -0.15) is 0 Å². The summed E-state index contributed by atoms with van der Waals surface area (Å²) in [6.45, 7) is 4.47. The van der Waals surface area contributed by atoms with E-state index >= 15 is 0 Å². The van der Waals surface area contributed by atoms with Crippen LogP contribution in [0.1, 0.15) is 32.6 Å². The van der Waals surface area contributed by atoms with Crippen molar-refractivity contribution in [3.05, 3.63) is 24.3 Å². The van der Waals surface area contributed by atoms with Crippen molar-refractivity contribution in [3.63, 3.8) is 0 Å². The zero-order valence-electron chi connectivity index (χ0n) is 14.1. The number of sulfonamides is 1. The Labute approximate surface area is 148 Å². The predicted octanol–water partition coefficient (Wildman–Crippen LogP) is 3.23. The minimum absolute atomic E-state index is 0.244. The number of fused-ring (bicyclic) bond motifs is 1. The van der Waals surface area contributed by atoms with E-state index in [0.717, 1.165) is 49.4 Å². The fourth-order valence-electron chi connectivity index (χ4n) is 2.98. The largest absolute Gasteiger partial charge is 0.348 e. The first kappa shape index (κ1) is 17.6. The van der Waals surface area contributed by atoms with E-state index < -0.39 is 10.0 Å². The van der Waals surface area contributed by atoms with Crippen LogP contribution < -0.4 is 9.62 Å². The van der Waals surface area contributed by atoms with Crippen LogP contribution in [-0.4, -0.2) is 38.8 Å². The van der Waals surface area contributed by atoms with Crippen LogP contribution in [0.5, 0.6) is 0 Å². The van der Waals surface area contributed by atoms with Crippen molar-refractivity contribution in [1.82, 2.24) is 9.71 Å². The van der Waals surface area contributed by atoms with Crippen molar-refractivity contribution in [2.75, 3.05) is 30.3 Å². The van der Waals surface area contributed by atoms with Crippen molar-refractivity contribution >= 4 is 36.7 Å². The van der Waals surface area contributed by atoms with Gasteiger partial charge in [0.05, 0.1) is 16.0 Å². The maximum absolute atomic E-state index is 11.9. The van der Waals surface area contributed by atoms with Gasteiger partial charge in [0.2, 0.25) is 10.0 Å². The lowest BCUT2D eigenvalue weighted by Gasteiger charge is -2.31. The van der Waals surface area contributed by atoms with Crippen molar-refractivity contribution in [1.29, 1.82) is 0 Å². The van der Waals surface area contributed by atoms with Gasteiger partial charge in [-0.25, -0.2) is 18.1 Å². The molecule has 7 heteroatoms. The molecule has 0 radical (unpaired) electrons. The third kappa shape index (κ3) is 4.46. The molecule has 0 bridgehead atoms. The fourth-order valence-corrected chi connectivity index (χ4v) is 5.29. The molecule has 1 aromatic carbocycles. The zero-order valence-corrected chi connectivity index (χ0v) is 15.7. The Bertz CT molecular complexity index is 732. The van der Waals surface area contributed by atoms with Gasteiger partial charge in [0.1, 0.15) is 0 Å². The zero-order chi connectivity index (χ0) is 17.0. The Kier molecular flexibility index (Phi) is 5.73. The molecule has 2 aromatic rings. The van der Waals surface area contributed by atoms with Crippen molar-refractivity contribution in [2.45, 2.75) is 32.6 Å². The first-order chi connectivity index (χ1) is 11.6. The van der Waals surface area contributed by atoms with Crippen molar-refractivity contribution < 1.29 is 8.42 Å². The molecule has 0 atom stereocenters. The summed E-state index contributed by atoms with van der Waals surface area (Å²) in [4.78, 5) is 7.04. The highest BCUT2D eigenvalue weighted by Crippen LogP contribution is 2.31. The van der Waals surface area contributed by atoms with E-state index in [1.807, 2.05) is 25.1 Å². The molecule has 1 aromatic heterocycles. The Morgan fingerprint density at radius 2 is 2.04 bits per heavy atom. The number of hydrogen-bond acceptors (Lipinski definition) is 5. The summed E-state index contributed by atoms with van der Waals surface area (Å²) in [7, 11) is -3.10. The van der Waals surface area contributed by atoms with Crippen LogP contribution in [0.4, 0.5) is 5.13 Å². The lowest BCUT2D eigenvalue weighted by Crippen LogP contribution is -2.39. The number of thiazole rings is 1. The van der Waals surface area contributed by atoms with E-state index in [2.05, 4.69) is 15.7 Å². The second-order valence-electron chi connectivity index (χ2n) is 6.42. The first-order valence-electron chi connectivity index (χ1n) is 8.65. The standard InChI is InChI=1S/C17H25N3O2S2/c1-2-3-12-24(21,22)18-13-14-8-10-20(11-9-14)17-19-15-6-4-5-7-16(15)23-17/h4-7,14,18H,2-3,8-13H2,1H3. The average molecular weight is 368 g/mol. The molecule has 1 N–H and O–H groups in total. The molecule has 1 saturated heterocycles. The lowest BCUT2D eigenvalue weighted by molar-refractivity contribution is 0.402. The minimum Gasteiger partial charge on any atom is -0.348 e. The fraction of sp³-hybridized carbons (Fsp3) is 0.588. The quantitative estimate of drug-likeness (QED) is 0.816. The number of piperidine rings is 1. The molecule has 5 nitrogen and oxygen atoms in total. The van der Waals surface area contributed by atoms with Crippen LogP contribution in [-0.2, 0) is 10.0 Å². The normalized spacial score (nSPS) is 16.8. The van der Waals surface area contributed by atoms with Gasteiger partial charge in [0.25, 0.3) is 0 Å². The van der Waals surface area contributed by atoms with Gasteiger partial charge in [-0.3, -0.25) is 0 Å². The van der Waals surface area contributed by atoms with Crippen LogP contribution in [0.3, 0.4) is 0 Å². The molecular weight excluding hydrogens is 342 g/mol. The average Bonchev–Trinajstić information content (AvgIpc) is 3.03. The first-order valence-corrected chi connectivity index (χ1v) is 11.1. The SMILES string of the molecule is CCCCS(=O)(=O)NCC1CCN(c2nc3ccccc3s2)CC1. The summed E-state index contributed by atoms with van der Waals surface area (Å²) in [6, 6.07) is 8.21. The van der Waals surface area contributed by atoms with Gasteiger partial charge >= 0.3 is 0 Å². The van der Waals surface area contributed by atoms with Crippen LogP contribution >= 0.6 is 11.3 Å². The van der Waals surface area contributed by atoms with Gasteiger partial charge in [-0.1, -0.05) is 36.8 Å². The topological polar surface area (TPSA) is 62.3 Å². The third-order valence-corrected chi connectivity index (χ3v) is 7.06. The van der Waals surface area contributed by atoms with Gasteiger partial charge in [-0.15, -0.1) is 0 Å². The van der Waals surface area contributed by atoms with Gasteiger partial charge in [0, 0.05) is 19.6 Å². The maximum atomic E-state index is 11.9. The minimum atomic E-state index is -3.10. The second-order valence-corrected chi connectivity index (χ2v) is 9.35. The van der Waals surface area contributed by atoms with Gasteiger partial charge < -0.3 is 4.90 Å². The Morgan fingerprint density at radius 3 is 2.75 bits per heavy atom. The predicted molar refractivity (Wildman–Crippen MR) is 101 cm³/mol. The molecule has 3 rings (SSSR count). The third-order valence-electron chi connectivity index (χ3n) is 4.53. The number of aromatic nitrogens is 1. The monoisotopic (exact) mass is 367 g/mol. The molecule has 24 heavy (non-hydrogen) atoms. The van der Waals surface area contributed by atoms with E-state index in [0.29, 0.717) is 12.5 Å². The summed E-state index contributed by atoms with van der Waals surface area (Å²) < 4.78 is 27.8. The van der Waals surface area contributed by atoms with E-state index in [9.17, 15) is 8.42 Å². The van der Waals surface area contributed by atoms with Crippen LogP contribution in [0, 0.1) is 5.92 Å². The highest BCUT2D eigenvalue weighted by Gasteiger charge is 2.22. The number of hydrogen-bond donors (Lipinski definition) is 1. The molecule has 1 aliphatic rings. The summed E-state index contributed by atoms with van der Waals surface area (Å²) in [6.07, 6.45) is 3.64. The van der Waals surface area contributed by atoms with E-state index in [1.165, 1.54) is 4.70 Å². The van der Waals surface area contributed by atoms with Crippen LogP contribution in [0.25, 0.3) is 10.2 Å². The van der Waals surface area contributed by atoms with Crippen molar-refractivity contribution in [3.8, 4) is 0 Å². The van der Waals surface area contributed by atoms with E-state index in [4.69, 9.17) is 4.98 Å². The molecule has 1 fully saturated rings. The molecule has 0 saturated carbocycles. The number of para-hydroxylation sites is 1. The molecule has 2 heterocycles. The lowest BCUT2D eigenvalue weighted by atomic mass is 9.97. The molecule has 0 amide bonds. The highest BCUT2D eigenvalue weighted by molar-refractivity contribution is 7.89. The highest BCUT2D eigenvalue weighted by atomic mass is 32.2. The molecule has 132 valence electrons. The number of nitrogens with one attached hydrogen (secondary N) is 1. The number of nitrogens with zero attached hydrogens (tertiary/aromatic N) is 2. The van der Waals surface area contributed by atoms with E-state index in [-0.39, 0.29) is 5.75 Å². The Balaban J connectivity index is 1.50. The second kappa shape index (κ2) is 7.80. The summed E-state index contributed by atoms with van der Waals surface area (Å²) >= 11 is 1.74. The molecule has 1 aliphatic heterocycles. The van der Waals surface area contributed by atoms with E-state index in [1.54, 1.807) is 11.3 Å². The number of benzene rings is 1. The summed E-state index contributed by atoms with van der Waals surface area (Å²) in [5.74, 6) is 0.667. The van der Waals surface area contributed by atoms with Crippen LogP contribution in [0.2, 0.25) is 0 Å². The molecule has 0 aliphatic carbocycles. The molecule has 0 spiro atoms. The number of rotatable bonds is 7. The Morgan fingerprint density at radius 1 is 1.29 bits per heavy atom. The number of unbranched alkanes of at least 4 members (excludes halogenated alkanes) is 1.